The third-order valence-corrected chi connectivity index (χ3v) is 2.47. The number of benzene rings is 1. The number of rotatable bonds is 4. The molecule has 0 atom stereocenters. The topological polar surface area (TPSA) is 33.6 Å². The molecule has 1 aromatic carbocycles. The summed E-state index contributed by atoms with van der Waals surface area (Å²) in [7, 11) is 0. The van der Waals surface area contributed by atoms with Gasteiger partial charge in [-0.25, -0.2) is 4.99 Å². The van der Waals surface area contributed by atoms with E-state index in [1.54, 1.807) is 0 Å². The van der Waals surface area contributed by atoms with Crippen molar-refractivity contribution < 1.29 is 4.74 Å². The first-order chi connectivity index (χ1) is 7.66. The molecule has 1 heterocycles. The van der Waals surface area contributed by atoms with E-state index >= 15 is 0 Å². The minimum Gasteiger partial charge on any atom is -0.477 e. The van der Waals surface area contributed by atoms with Crippen LogP contribution < -0.4 is 5.32 Å². The zero-order chi connectivity index (χ0) is 11.4. The summed E-state index contributed by atoms with van der Waals surface area (Å²) in [4.78, 5) is 4.48. The van der Waals surface area contributed by atoms with E-state index in [2.05, 4.69) is 36.3 Å². The van der Waals surface area contributed by atoms with Crippen LogP contribution >= 0.6 is 0 Å². The Morgan fingerprint density at radius 1 is 1.25 bits per heavy atom. The van der Waals surface area contributed by atoms with Gasteiger partial charge in [0.25, 0.3) is 0 Å². The highest BCUT2D eigenvalue weighted by Gasteiger charge is 2.25. The Labute approximate surface area is 96.5 Å². The van der Waals surface area contributed by atoms with Gasteiger partial charge >= 0.3 is 0 Å². The lowest BCUT2D eigenvalue weighted by molar-refractivity contribution is 0.274. The highest BCUT2D eigenvalue weighted by molar-refractivity contribution is 5.80. The molecule has 2 rings (SSSR count). The lowest BCUT2D eigenvalue weighted by Gasteiger charge is -2.07. The van der Waals surface area contributed by atoms with Gasteiger partial charge in [0.05, 0.1) is 12.1 Å². The van der Waals surface area contributed by atoms with Crippen LogP contribution in [0.25, 0.3) is 0 Å². The van der Waals surface area contributed by atoms with Crippen molar-refractivity contribution in [3.63, 3.8) is 0 Å². The molecular weight excluding hydrogens is 200 g/mol. The molecule has 0 saturated carbocycles. The van der Waals surface area contributed by atoms with E-state index in [1.807, 2.05) is 18.2 Å². The van der Waals surface area contributed by atoms with Gasteiger partial charge < -0.3 is 10.1 Å². The first kappa shape index (κ1) is 11.1. The number of nitrogens with one attached hydrogen (secondary N) is 1. The van der Waals surface area contributed by atoms with E-state index in [0.717, 1.165) is 12.4 Å². The average Bonchev–Trinajstić information content (AvgIpc) is 2.60. The molecule has 0 saturated heterocycles. The summed E-state index contributed by atoms with van der Waals surface area (Å²) in [5.74, 6) is 0.820. The van der Waals surface area contributed by atoms with Gasteiger partial charge in [0, 0.05) is 6.54 Å². The molecule has 1 aliphatic rings. The van der Waals surface area contributed by atoms with Gasteiger partial charge in [-0.15, -0.1) is 0 Å². The summed E-state index contributed by atoms with van der Waals surface area (Å²) in [6.07, 6.45) is 0. The first-order valence-corrected chi connectivity index (χ1v) is 5.62. The molecule has 0 unspecified atom stereocenters. The summed E-state index contributed by atoms with van der Waals surface area (Å²) >= 11 is 0. The van der Waals surface area contributed by atoms with Gasteiger partial charge in [0.15, 0.2) is 5.90 Å². The molecule has 1 aliphatic heterocycles. The van der Waals surface area contributed by atoms with Gasteiger partial charge in [-0.2, -0.15) is 0 Å². The molecule has 0 amide bonds. The van der Waals surface area contributed by atoms with E-state index in [1.165, 1.54) is 5.56 Å². The Morgan fingerprint density at radius 3 is 2.62 bits per heavy atom. The molecular formula is C13H18N2O. The Kier molecular flexibility index (Phi) is 3.25. The maximum absolute atomic E-state index is 5.49. The molecule has 1 N–H and O–H groups in total. The SMILES string of the molecule is CC1(C)COC(CNCc2ccccc2)=N1. The van der Waals surface area contributed by atoms with E-state index in [9.17, 15) is 0 Å². The number of nitrogens with zero attached hydrogens (tertiary/aromatic N) is 1. The number of aliphatic imine (C=N–C) groups is 1. The van der Waals surface area contributed by atoms with Crippen LogP contribution in [0, 0.1) is 0 Å². The molecule has 3 heteroatoms. The van der Waals surface area contributed by atoms with Crippen LogP contribution in [-0.2, 0) is 11.3 Å². The Balaban J connectivity index is 1.77. The smallest absolute Gasteiger partial charge is 0.198 e. The van der Waals surface area contributed by atoms with E-state index in [4.69, 9.17) is 4.74 Å². The summed E-state index contributed by atoms with van der Waals surface area (Å²) < 4.78 is 5.49. The summed E-state index contributed by atoms with van der Waals surface area (Å²) in [6, 6.07) is 10.3. The highest BCUT2D eigenvalue weighted by atomic mass is 16.5. The molecule has 86 valence electrons. The summed E-state index contributed by atoms with van der Waals surface area (Å²) in [5.41, 5.74) is 1.23. The maximum atomic E-state index is 5.49. The second-order valence-corrected chi connectivity index (χ2v) is 4.70. The predicted molar refractivity (Wildman–Crippen MR) is 65.6 cm³/mol. The van der Waals surface area contributed by atoms with Crippen LogP contribution in [0.2, 0.25) is 0 Å². The third kappa shape index (κ3) is 3.07. The molecule has 0 spiro atoms. The summed E-state index contributed by atoms with van der Waals surface area (Å²) in [6.45, 7) is 6.41. The number of hydrogen-bond donors (Lipinski definition) is 1. The molecule has 0 aromatic heterocycles. The van der Waals surface area contributed by atoms with Crippen LogP contribution in [0.3, 0.4) is 0 Å². The molecule has 3 nitrogen and oxygen atoms in total. The third-order valence-electron chi connectivity index (χ3n) is 2.47. The Hall–Kier alpha value is -1.35. The zero-order valence-corrected chi connectivity index (χ0v) is 9.86. The molecule has 0 fully saturated rings. The lowest BCUT2D eigenvalue weighted by Crippen LogP contribution is -2.22. The predicted octanol–water partition coefficient (Wildman–Crippen LogP) is 1.98. The quantitative estimate of drug-likeness (QED) is 0.838. The first-order valence-electron chi connectivity index (χ1n) is 5.62. The molecule has 16 heavy (non-hydrogen) atoms. The normalized spacial score (nSPS) is 18.0. The molecule has 1 aromatic rings. The van der Waals surface area contributed by atoms with Crippen LogP contribution in [-0.4, -0.2) is 24.6 Å². The van der Waals surface area contributed by atoms with Crippen molar-refractivity contribution in [3.8, 4) is 0 Å². The fourth-order valence-corrected chi connectivity index (χ4v) is 1.66. The van der Waals surface area contributed by atoms with Gasteiger partial charge in [-0.05, 0) is 19.4 Å². The fraction of sp³-hybridized carbons (Fsp3) is 0.462. The van der Waals surface area contributed by atoms with Crippen molar-refractivity contribution in [2.24, 2.45) is 4.99 Å². The lowest BCUT2D eigenvalue weighted by atomic mass is 10.1. The summed E-state index contributed by atoms with van der Waals surface area (Å²) in [5, 5.41) is 3.33. The maximum Gasteiger partial charge on any atom is 0.198 e. The Morgan fingerprint density at radius 2 is 2.00 bits per heavy atom. The van der Waals surface area contributed by atoms with Gasteiger partial charge in [-0.3, -0.25) is 0 Å². The second kappa shape index (κ2) is 4.66. The van der Waals surface area contributed by atoms with Crippen LogP contribution in [0.1, 0.15) is 19.4 Å². The minimum absolute atomic E-state index is 0.0518. The average molecular weight is 218 g/mol. The Bertz CT molecular complexity index is 371. The van der Waals surface area contributed by atoms with Gasteiger partial charge in [0.1, 0.15) is 6.61 Å². The van der Waals surface area contributed by atoms with Crippen LogP contribution in [0.15, 0.2) is 35.3 Å². The molecule has 0 radical (unpaired) electrons. The molecule has 0 bridgehead atoms. The van der Waals surface area contributed by atoms with Crippen molar-refractivity contribution in [3.05, 3.63) is 35.9 Å². The number of hydrogen-bond acceptors (Lipinski definition) is 3. The molecule has 0 aliphatic carbocycles. The van der Waals surface area contributed by atoms with Crippen molar-refractivity contribution >= 4 is 5.90 Å². The van der Waals surface area contributed by atoms with E-state index < -0.39 is 0 Å². The van der Waals surface area contributed by atoms with Crippen molar-refractivity contribution in [2.45, 2.75) is 25.9 Å². The monoisotopic (exact) mass is 218 g/mol. The van der Waals surface area contributed by atoms with Gasteiger partial charge in [-0.1, -0.05) is 30.3 Å². The second-order valence-electron chi connectivity index (χ2n) is 4.70. The van der Waals surface area contributed by atoms with Gasteiger partial charge in [0.2, 0.25) is 0 Å². The van der Waals surface area contributed by atoms with Crippen molar-refractivity contribution in [2.75, 3.05) is 13.2 Å². The minimum atomic E-state index is -0.0518. The number of ether oxygens (including phenoxy) is 1. The van der Waals surface area contributed by atoms with Crippen LogP contribution in [0.5, 0.6) is 0 Å². The van der Waals surface area contributed by atoms with Crippen molar-refractivity contribution in [1.29, 1.82) is 0 Å². The largest absolute Gasteiger partial charge is 0.477 e. The van der Waals surface area contributed by atoms with E-state index in [-0.39, 0.29) is 5.54 Å². The van der Waals surface area contributed by atoms with Crippen LogP contribution in [0.4, 0.5) is 0 Å². The fourth-order valence-electron chi connectivity index (χ4n) is 1.66. The zero-order valence-electron chi connectivity index (χ0n) is 9.86. The highest BCUT2D eigenvalue weighted by Crippen LogP contribution is 2.16. The van der Waals surface area contributed by atoms with Crippen molar-refractivity contribution in [1.82, 2.24) is 5.32 Å². The standard InChI is InChI=1S/C13H18N2O/c1-13(2)10-16-12(15-13)9-14-8-11-6-4-3-5-7-11/h3-7,14H,8-10H2,1-2H3. The van der Waals surface area contributed by atoms with E-state index in [0.29, 0.717) is 13.2 Å².